The first-order chi connectivity index (χ1) is 7.66. The van der Waals surface area contributed by atoms with Gasteiger partial charge in [-0.15, -0.1) is 0 Å². The maximum Gasteiger partial charge on any atom is 0.0424 e. The lowest BCUT2D eigenvalue weighted by Crippen LogP contribution is -2.32. The molecule has 0 N–H and O–H groups in total. The van der Waals surface area contributed by atoms with Gasteiger partial charge < -0.3 is 0 Å². The van der Waals surface area contributed by atoms with Crippen LogP contribution in [-0.4, -0.2) is 18.0 Å². The molecule has 1 aliphatic heterocycles. The van der Waals surface area contributed by atoms with E-state index in [0.29, 0.717) is 6.04 Å². The molecule has 16 heavy (non-hydrogen) atoms. The standard InChI is InChI=1S/C13H16Cl2N/c1-10(16-5-3-2-4-6-16)11-7-12(14)9-13(15)8-11/h2,7-10H,3-6H2,1H3/t10-/m0/s1. The lowest BCUT2D eigenvalue weighted by molar-refractivity contribution is 0.194. The molecule has 1 aromatic rings. The molecule has 0 unspecified atom stereocenters. The summed E-state index contributed by atoms with van der Waals surface area (Å²) in [5.41, 5.74) is 1.21. The van der Waals surface area contributed by atoms with Gasteiger partial charge in [0.25, 0.3) is 0 Å². The molecule has 0 bridgehead atoms. The van der Waals surface area contributed by atoms with Crippen LogP contribution in [0.5, 0.6) is 0 Å². The van der Waals surface area contributed by atoms with Gasteiger partial charge in [-0.05, 0) is 63.0 Å². The van der Waals surface area contributed by atoms with Crippen molar-refractivity contribution in [2.75, 3.05) is 13.1 Å². The number of nitrogens with zero attached hydrogens (tertiary/aromatic N) is 1. The van der Waals surface area contributed by atoms with Crippen LogP contribution in [0.1, 0.15) is 31.4 Å². The summed E-state index contributed by atoms with van der Waals surface area (Å²) in [6.07, 6.45) is 4.71. The predicted molar refractivity (Wildman–Crippen MR) is 70.0 cm³/mol. The number of rotatable bonds is 2. The van der Waals surface area contributed by atoms with E-state index < -0.39 is 0 Å². The van der Waals surface area contributed by atoms with Crippen molar-refractivity contribution in [2.24, 2.45) is 0 Å². The molecule has 1 saturated heterocycles. The van der Waals surface area contributed by atoms with E-state index in [-0.39, 0.29) is 0 Å². The Hall–Kier alpha value is -0.240. The molecule has 0 spiro atoms. The minimum atomic E-state index is 0.393. The molecule has 1 atom stereocenters. The largest absolute Gasteiger partial charge is 0.297 e. The monoisotopic (exact) mass is 256 g/mol. The van der Waals surface area contributed by atoms with Crippen molar-refractivity contribution in [3.05, 3.63) is 40.2 Å². The van der Waals surface area contributed by atoms with E-state index in [2.05, 4.69) is 18.2 Å². The molecule has 1 heterocycles. The van der Waals surface area contributed by atoms with E-state index in [0.717, 1.165) is 23.1 Å². The highest BCUT2D eigenvalue weighted by Gasteiger charge is 2.18. The second kappa shape index (κ2) is 5.39. The summed E-state index contributed by atoms with van der Waals surface area (Å²) in [7, 11) is 0. The van der Waals surface area contributed by atoms with Gasteiger partial charge in [0, 0.05) is 16.1 Å². The van der Waals surface area contributed by atoms with Crippen LogP contribution in [0.2, 0.25) is 10.0 Å². The lowest BCUT2D eigenvalue weighted by Gasteiger charge is -2.32. The van der Waals surface area contributed by atoms with Crippen molar-refractivity contribution < 1.29 is 0 Å². The quantitative estimate of drug-likeness (QED) is 0.761. The van der Waals surface area contributed by atoms with Crippen LogP contribution in [0.25, 0.3) is 0 Å². The van der Waals surface area contributed by atoms with Gasteiger partial charge >= 0.3 is 0 Å². The van der Waals surface area contributed by atoms with Crippen molar-refractivity contribution >= 4 is 23.2 Å². The summed E-state index contributed by atoms with van der Waals surface area (Å²) >= 11 is 12.0. The summed E-state index contributed by atoms with van der Waals surface area (Å²) < 4.78 is 0. The number of hydrogen-bond acceptors (Lipinski definition) is 1. The molecule has 2 rings (SSSR count). The van der Waals surface area contributed by atoms with E-state index in [4.69, 9.17) is 23.2 Å². The second-order valence-corrected chi connectivity index (χ2v) is 5.15. The van der Waals surface area contributed by atoms with Gasteiger partial charge in [-0.25, -0.2) is 0 Å². The number of halogens is 2. The van der Waals surface area contributed by atoms with E-state index in [1.54, 1.807) is 6.07 Å². The third kappa shape index (κ3) is 2.91. The average molecular weight is 257 g/mol. The zero-order valence-electron chi connectivity index (χ0n) is 9.42. The highest BCUT2D eigenvalue weighted by Crippen LogP contribution is 2.28. The van der Waals surface area contributed by atoms with Crippen LogP contribution in [0.4, 0.5) is 0 Å². The highest BCUT2D eigenvalue weighted by molar-refractivity contribution is 6.34. The van der Waals surface area contributed by atoms with E-state index in [9.17, 15) is 0 Å². The molecule has 1 aromatic carbocycles. The Labute approximate surface area is 107 Å². The molecule has 1 nitrogen and oxygen atoms in total. The number of benzene rings is 1. The summed E-state index contributed by atoms with van der Waals surface area (Å²) in [5.74, 6) is 0. The minimum absolute atomic E-state index is 0.393. The third-order valence-corrected chi connectivity index (χ3v) is 3.59. The van der Waals surface area contributed by atoms with Crippen molar-refractivity contribution in [1.29, 1.82) is 0 Å². The van der Waals surface area contributed by atoms with E-state index >= 15 is 0 Å². The van der Waals surface area contributed by atoms with Crippen LogP contribution < -0.4 is 0 Å². The Morgan fingerprint density at radius 3 is 2.19 bits per heavy atom. The van der Waals surface area contributed by atoms with Gasteiger partial charge in [0.1, 0.15) is 0 Å². The maximum atomic E-state index is 6.02. The normalized spacial score (nSPS) is 19.7. The Balaban J connectivity index is 2.15. The molecule has 3 heteroatoms. The number of hydrogen-bond donors (Lipinski definition) is 0. The number of likely N-dealkylation sites (tertiary alicyclic amines) is 1. The average Bonchev–Trinajstić information content (AvgIpc) is 2.28. The topological polar surface area (TPSA) is 3.24 Å². The molecular weight excluding hydrogens is 241 g/mol. The molecule has 1 fully saturated rings. The van der Waals surface area contributed by atoms with Gasteiger partial charge in [0.2, 0.25) is 0 Å². The molecule has 0 amide bonds. The Bertz CT molecular complexity index is 339. The van der Waals surface area contributed by atoms with Crippen molar-refractivity contribution in [1.82, 2.24) is 4.90 Å². The van der Waals surface area contributed by atoms with Gasteiger partial charge in [0.05, 0.1) is 0 Å². The maximum absolute atomic E-state index is 6.02. The van der Waals surface area contributed by atoms with Crippen LogP contribution in [0.3, 0.4) is 0 Å². The molecule has 1 radical (unpaired) electrons. The van der Waals surface area contributed by atoms with Crippen LogP contribution in [-0.2, 0) is 0 Å². The SMILES string of the molecule is C[C@@H](c1cc(Cl)cc(Cl)c1)N1CC[CH]CC1. The van der Waals surface area contributed by atoms with Crippen LogP contribution in [0, 0.1) is 6.42 Å². The molecule has 87 valence electrons. The summed E-state index contributed by atoms with van der Waals surface area (Å²) in [4.78, 5) is 2.47. The third-order valence-electron chi connectivity index (χ3n) is 3.16. The zero-order chi connectivity index (χ0) is 11.5. The first kappa shape index (κ1) is 12.2. The summed E-state index contributed by atoms with van der Waals surface area (Å²) in [6.45, 7) is 4.48. The van der Waals surface area contributed by atoms with E-state index in [1.165, 1.54) is 18.4 Å². The highest BCUT2D eigenvalue weighted by atomic mass is 35.5. The predicted octanol–water partition coefficient (Wildman–Crippen LogP) is 4.35. The summed E-state index contributed by atoms with van der Waals surface area (Å²) in [6, 6.07) is 6.20. The van der Waals surface area contributed by atoms with Gasteiger partial charge in [-0.1, -0.05) is 23.2 Å². The fourth-order valence-electron chi connectivity index (χ4n) is 2.18. The number of piperidine rings is 1. The Morgan fingerprint density at radius 2 is 1.62 bits per heavy atom. The smallest absolute Gasteiger partial charge is 0.0424 e. The fourth-order valence-corrected chi connectivity index (χ4v) is 2.73. The zero-order valence-corrected chi connectivity index (χ0v) is 10.9. The molecule has 0 saturated carbocycles. The fraction of sp³-hybridized carbons (Fsp3) is 0.462. The first-order valence-electron chi connectivity index (χ1n) is 5.68. The van der Waals surface area contributed by atoms with Gasteiger partial charge in [-0.3, -0.25) is 4.90 Å². The van der Waals surface area contributed by atoms with Crippen LogP contribution >= 0.6 is 23.2 Å². The Morgan fingerprint density at radius 1 is 1.06 bits per heavy atom. The van der Waals surface area contributed by atoms with Crippen molar-refractivity contribution in [2.45, 2.75) is 25.8 Å². The molecular formula is C13H16Cl2N. The second-order valence-electron chi connectivity index (χ2n) is 4.28. The van der Waals surface area contributed by atoms with E-state index in [1.807, 2.05) is 12.1 Å². The Kier molecular flexibility index (Phi) is 4.12. The minimum Gasteiger partial charge on any atom is -0.297 e. The van der Waals surface area contributed by atoms with Crippen LogP contribution in [0.15, 0.2) is 18.2 Å². The van der Waals surface area contributed by atoms with Crippen molar-refractivity contribution in [3.63, 3.8) is 0 Å². The molecule has 0 aromatic heterocycles. The van der Waals surface area contributed by atoms with Gasteiger partial charge in [0.15, 0.2) is 0 Å². The molecule has 1 aliphatic rings. The van der Waals surface area contributed by atoms with Gasteiger partial charge in [-0.2, -0.15) is 0 Å². The lowest BCUT2D eigenvalue weighted by atomic mass is 10.0. The first-order valence-corrected chi connectivity index (χ1v) is 6.44. The molecule has 0 aliphatic carbocycles. The summed E-state index contributed by atoms with van der Waals surface area (Å²) in [5, 5.41) is 1.44. The van der Waals surface area contributed by atoms with Crippen molar-refractivity contribution in [3.8, 4) is 0 Å².